The van der Waals surface area contributed by atoms with Crippen LogP contribution in [0, 0.1) is 0 Å². The molecule has 9 heteroatoms. The molecule has 0 bridgehead atoms. The first-order valence-electron chi connectivity index (χ1n) is 6.75. The molecule has 3 rings (SSSR count). The van der Waals surface area contributed by atoms with Crippen LogP contribution in [0.2, 0.25) is 0 Å². The molecule has 0 N–H and O–H groups in total. The number of ether oxygens (including phenoxy) is 1. The molecule has 0 saturated carbocycles. The number of alkyl halides is 2. The van der Waals surface area contributed by atoms with Crippen molar-refractivity contribution in [2.75, 3.05) is 7.11 Å². The van der Waals surface area contributed by atoms with Gasteiger partial charge in [-0.3, -0.25) is 4.57 Å². The van der Waals surface area contributed by atoms with Gasteiger partial charge in [-0.1, -0.05) is 23.5 Å². The molecule has 0 aliphatic heterocycles. The summed E-state index contributed by atoms with van der Waals surface area (Å²) in [5, 5.41) is 0. The van der Waals surface area contributed by atoms with Gasteiger partial charge in [-0.2, -0.15) is 17.2 Å². The van der Waals surface area contributed by atoms with Crippen LogP contribution in [0.3, 0.4) is 0 Å². The number of aromatic nitrogens is 1. The number of hydrogen-bond acceptors (Lipinski definition) is 4. The molecule has 5 nitrogen and oxygen atoms in total. The maximum atomic E-state index is 13.4. The quantitative estimate of drug-likeness (QED) is 0.707. The van der Waals surface area contributed by atoms with Gasteiger partial charge in [0.1, 0.15) is 5.75 Å². The number of nitrogens with zero attached hydrogens (tertiary/aromatic N) is 2. The fraction of sp³-hybridized carbons (Fsp3) is 0.133. The molecule has 24 heavy (non-hydrogen) atoms. The third-order valence-corrected chi connectivity index (χ3v) is 5.72. The molecule has 0 aliphatic rings. The van der Waals surface area contributed by atoms with Crippen molar-refractivity contribution in [2.24, 2.45) is 4.40 Å². The van der Waals surface area contributed by atoms with E-state index in [9.17, 15) is 17.2 Å². The van der Waals surface area contributed by atoms with Crippen LogP contribution in [0.1, 0.15) is 6.55 Å². The van der Waals surface area contributed by atoms with E-state index < -0.39 is 16.6 Å². The summed E-state index contributed by atoms with van der Waals surface area (Å²) in [6, 6.07) is 12.0. The highest BCUT2D eigenvalue weighted by atomic mass is 32.2. The molecule has 0 radical (unpaired) electrons. The molecule has 0 fully saturated rings. The molecule has 126 valence electrons. The Balaban J connectivity index is 2.19. The summed E-state index contributed by atoms with van der Waals surface area (Å²) in [6.07, 6.45) is 0. The summed E-state index contributed by atoms with van der Waals surface area (Å²) in [4.78, 5) is -0.372. The van der Waals surface area contributed by atoms with Crippen molar-refractivity contribution in [1.82, 2.24) is 4.57 Å². The number of para-hydroxylation sites is 1. The Morgan fingerprint density at radius 2 is 1.79 bits per heavy atom. The van der Waals surface area contributed by atoms with Crippen LogP contribution in [0.4, 0.5) is 8.78 Å². The van der Waals surface area contributed by atoms with Gasteiger partial charge in [0.25, 0.3) is 10.0 Å². The highest BCUT2D eigenvalue weighted by molar-refractivity contribution is 7.90. The molecule has 3 aromatic rings. The van der Waals surface area contributed by atoms with Crippen molar-refractivity contribution in [3.05, 3.63) is 53.3 Å². The van der Waals surface area contributed by atoms with Crippen LogP contribution in [0.15, 0.2) is 57.8 Å². The molecule has 0 spiro atoms. The number of benzene rings is 2. The molecule has 0 atom stereocenters. The minimum Gasteiger partial charge on any atom is -0.497 e. The van der Waals surface area contributed by atoms with E-state index in [1.54, 1.807) is 18.2 Å². The topological polar surface area (TPSA) is 60.7 Å². The molecular weight excluding hydrogens is 358 g/mol. The van der Waals surface area contributed by atoms with Gasteiger partial charge in [0.05, 0.1) is 22.2 Å². The molecule has 1 aromatic heterocycles. The van der Waals surface area contributed by atoms with E-state index in [-0.39, 0.29) is 15.2 Å². The summed E-state index contributed by atoms with van der Waals surface area (Å²) in [6.45, 7) is -2.90. The predicted molar refractivity (Wildman–Crippen MR) is 86.8 cm³/mol. The van der Waals surface area contributed by atoms with Crippen molar-refractivity contribution in [2.45, 2.75) is 11.4 Å². The minimum atomic E-state index is -4.12. The van der Waals surface area contributed by atoms with Gasteiger partial charge in [-0.25, -0.2) is 0 Å². The average Bonchev–Trinajstić information content (AvgIpc) is 2.92. The van der Waals surface area contributed by atoms with Crippen molar-refractivity contribution in [1.29, 1.82) is 0 Å². The third-order valence-electron chi connectivity index (χ3n) is 3.28. The van der Waals surface area contributed by atoms with Crippen LogP contribution in [0.5, 0.6) is 5.75 Å². The third kappa shape index (κ3) is 3.04. The van der Waals surface area contributed by atoms with Crippen molar-refractivity contribution in [3.63, 3.8) is 0 Å². The lowest BCUT2D eigenvalue weighted by atomic mass is 10.3. The molecule has 2 aromatic carbocycles. The molecular formula is C15H12F2N2O3S2. The van der Waals surface area contributed by atoms with Gasteiger partial charge in [0.2, 0.25) is 4.80 Å². The van der Waals surface area contributed by atoms with Gasteiger partial charge in [-0.05, 0) is 36.4 Å². The van der Waals surface area contributed by atoms with Crippen LogP contribution in [0.25, 0.3) is 10.2 Å². The van der Waals surface area contributed by atoms with Crippen LogP contribution >= 0.6 is 11.3 Å². The van der Waals surface area contributed by atoms with Gasteiger partial charge >= 0.3 is 6.55 Å². The Morgan fingerprint density at radius 1 is 1.12 bits per heavy atom. The molecule has 0 amide bonds. The maximum Gasteiger partial charge on any atom is 0.321 e. The van der Waals surface area contributed by atoms with E-state index >= 15 is 0 Å². The highest BCUT2D eigenvalue weighted by Gasteiger charge is 2.18. The second-order valence-corrected chi connectivity index (χ2v) is 7.36. The minimum absolute atomic E-state index is 0.0958. The molecule has 0 aliphatic carbocycles. The Morgan fingerprint density at radius 3 is 2.42 bits per heavy atom. The first-order chi connectivity index (χ1) is 11.4. The van der Waals surface area contributed by atoms with Crippen molar-refractivity contribution < 1.29 is 21.9 Å². The van der Waals surface area contributed by atoms with Crippen LogP contribution in [-0.4, -0.2) is 20.1 Å². The molecule has 1 heterocycles. The fourth-order valence-corrected chi connectivity index (χ4v) is 4.36. The smallest absolute Gasteiger partial charge is 0.321 e. The first kappa shape index (κ1) is 16.6. The van der Waals surface area contributed by atoms with Gasteiger partial charge in [-0.15, -0.1) is 4.40 Å². The number of thiazole rings is 1. The number of sulfonamides is 1. The predicted octanol–water partition coefficient (Wildman–Crippen LogP) is 3.40. The zero-order valence-corrected chi connectivity index (χ0v) is 14.0. The maximum absolute atomic E-state index is 13.4. The first-order valence-corrected chi connectivity index (χ1v) is 9.01. The largest absolute Gasteiger partial charge is 0.497 e. The number of hydrogen-bond donors (Lipinski definition) is 0. The number of halogens is 2. The fourth-order valence-electron chi connectivity index (χ4n) is 2.15. The second-order valence-electron chi connectivity index (χ2n) is 4.74. The summed E-state index contributed by atoms with van der Waals surface area (Å²) in [5.74, 6) is 0.485. The standard InChI is InChI=1S/C15H12F2N2O3S2/c1-22-10-6-8-11(9-7-10)24(20,21)18-15-19(14(16)17)12-4-2-3-5-13(12)23-15/h2-9,14H,1H3. The van der Waals surface area contributed by atoms with Gasteiger partial charge < -0.3 is 4.74 Å². The Labute approximate surface area is 140 Å². The van der Waals surface area contributed by atoms with E-state index in [2.05, 4.69) is 4.40 Å². The van der Waals surface area contributed by atoms with E-state index in [1.165, 1.54) is 37.4 Å². The van der Waals surface area contributed by atoms with Crippen LogP contribution < -0.4 is 9.54 Å². The Hall–Kier alpha value is -2.26. The lowest BCUT2D eigenvalue weighted by Gasteiger charge is -2.03. The Bertz CT molecular complexity index is 1040. The normalized spacial score (nSPS) is 12.9. The van der Waals surface area contributed by atoms with Crippen molar-refractivity contribution >= 4 is 31.6 Å². The average molecular weight is 370 g/mol. The SMILES string of the molecule is COc1ccc(S(=O)(=O)N=c2sc3ccccc3n2C(F)F)cc1. The van der Waals surface area contributed by atoms with Gasteiger partial charge in [0, 0.05) is 0 Å². The Kier molecular flexibility index (Phi) is 4.37. The monoisotopic (exact) mass is 370 g/mol. The van der Waals surface area contributed by atoms with E-state index in [1.807, 2.05) is 0 Å². The number of methoxy groups -OCH3 is 1. The lowest BCUT2D eigenvalue weighted by Crippen LogP contribution is -2.17. The molecule has 0 unspecified atom stereocenters. The molecule has 0 saturated heterocycles. The zero-order chi connectivity index (χ0) is 17.3. The van der Waals surface area contributed by atoms with E-state index in [4.69, 9.17) is 4.74 Å². The van der Waals surface area contributed by atoms with E-state index in [0.717, 1.165) is 11.3 Å². The zero-order valence-electron chi connectivity index (χ0n) is 12.4. The number of fused-ring (bicyclic) bond motifs is 1. The summed E-state index contributed by atoms with van der Waals surface area (Å²) in [5.41, 5.74) is 0.237. The number of rotatable bonds is 4. The lowest BCUT2D eigenvalue weighted by molar-refractivity contribution is 0.0723. The van der Waals surface area contributed by atoms with Gasteiger partial charge in [0.15, 0.2) is 0 Å². The summed E-state index contributed by atoms with van der Waals surface area (Å²) in [7, 11) is -2.66. The summed E-state index contributed by atoms with van der Waals surface area (Å²) >= 11 is 0.894. The van der Waals surface area contributed by atoms with Crippen LogP contribution in [-0.2, 0) is 10.0 Å². The highest BCUT2D eigenvalue weighted by Crippen LogP contribution is 2.23. The second kappa shape index (κ2) is 6.33. The van der Waals surface area contributed by atoms with Crippen molar-refractivity contribution in [3.8, 4) is 5.75 Å². The van der Waals surface area contributed by atoms with E-state index in [0.29, 0.717) is 15.0 Å². The summed E-state index contributed by atoms with van der Waals surface area (Å²) < 4.78 is 61.2.